The van der Waals surface area contributed by atoms with E-state index in [4.69, 9.17) is 9.72 Å². The van der Waals surface area contributed by atoms with E-state index in [-0.39, 0.29) is 5.41 Å². The van der Waals surface area contributed by atoms with Gasteiger partial charge in [0.2, 0.25) is 0 Å². The molecule has 0 atom stereocenters. The predicted molar refractivity (Wildman–Crippen MR) is 171 cm³/mol. The second-order valence-electron chi connectivity index (χ2n) is 11.1. The van der Waals surface area contributed by atoms with Crippen molar-refractivity contribution in [3.05, 3.63) is 114 Å². The number of benzene rings is 3. The molecule has 1 aliphatic heterocycles. The fraction of sp³-hybridized carbons (Fsp3) is 0.147. The highest BCUT2D eigenvalue weighted by atomic mass is 32.1. The van der Waals surface area contributed by atoms with Crippen LogP contribution in [-0.4, -0.2) is 11.7 Å². The van der Waals surface area contributed by atoms with E-state index in [1.807, 2.05) is 18.3 Å². The van der Waals surface area contributed by atoms with E-state index in [1.54, 1.807) is 22.7 Å². The lowest BCUT2D eigenvalue weighted by atomic mass is 9.87. The molecule has 3 aromatic heterocycles. The Morgan fingerprint density at radius 2 is 1.60 bits per heavy atom. The van der Waals surface area contributed by atoms with Crippen LogP contribution in [0.2, 0.25) is 0 Å². The summed E-state index contributed by atoms with van der Waals surface area (Å²) in [6.07, 6.45) is 6.16. The van der Waals surface area contributed by atoms with Gasteiger partial charge in [-0.3, -0.25) is 4.98 Å². The summed E-state index contributed by atoms with van der Waals surface area (Å²) in [5.74, 6) is 0.826. The molecule has 0 spiro atoms. The van der Waals surface area contributed by atoms with Gasteiger partial charge in [0.1, 0.15) is 5.75 Å². The summed E-state index contributed by atoms with van der Waals surface area (Å²) in [5, 5.41) is 5.50. The summed E-state index contributed by atoms with van der Waals surface area (Å²) in [5.41, 5.74) is 5.76. The molecule has 3 aromatic carbocycles. The van der Waals surface area contributed by atoms with Crippen LogP contribution in [0.4, 0.5) is 11.4 Å². The lowest BCUT2D eigenvalue weighted by molar-refractivity contribution is 0.497. The van der Waals surface area contributed by atoms with Crippen LogP contribution in [0, 0.1) is 0 Å². The third-order valence-corrected chi connectivity index (χ3v) is 9.21. The normalized spacial score (nSPS) is 13.6. The first-order chi connectivity index (χ1) is 19.4. The van der Waals surface area contributed by atoms with Crippen molar-refractivity contribution in [1.29, 1.82) is 0 Å². The van der Waals surface area contributed by atoms with E-state index in [0.29, 0.717) is 0 Å². The van der Waals surface area contributed by atoms with E-state index >= 15 is 0 Å². The van der Waals surface area contributed by atoms with Gasteiger partial charge >= 0.3 is 0 Å². The lowest BCUT2D eigenvalue weighted by Crippen LogP contribution is -2.24. The van der Waals surface area contributed by atoms with Crippen molar-refractivity contribution < 1.29 is 4.74 Å². The summed E-state index contributed by atoms with van der Waals surface area (Å²) in [6.45, 7) is 7.49. The van der Waals surface area contributed by atoms with Crippen molar-refractivity contribution in [1.82, 2.24) is 4.98 Å². The van der Waals surface area contributed by atoms with Crippen molar-refractivity contribution in [3.63, 3.8) is 0 Å². The standard InChI is InChI=1S/C34H29N3OS2/c1-34(2,3)23-12-14-35-30(18-23)28-20-31-27(13-17-39-31)33-29(28)21-32(40-33)38-26-11-7-10-25(19-26)37-16-15-36(22-37)24-8-5-4-6-9-24/h4-21H,22H2,1-3H3. The Bertz CT molecular complexity index is 1860. The van der Waals surface area contributed by atoms with E-state index < -0.39 is 0 Å². The molecule has 7 rings (SSSR count). The first-order valence-electron chi connectivity index (χ1n) is 13.4. The van der Waals surface area contributed by atoms with Crippen LogP contribution in [0.3, 0.4) is 0 Å². The fourth-order valence-corrected chi connectivity index (χ4v) is 7.10. The van der Waals surface area contributed by atoms with Gasteiger partial charge < -0.3 is 14.5 Å². The molecule has 0 amide bonds. The fourth-order valence-electron chi connectivity index (χ4n) is 5.12. The van der Waals surface area contributed by atoms with Gasteiger partial charge in [0.15, 0.2) is 5.06 Å². The van der Waals surface area contributed by atoms with Crippen LogP contribution < -0.4 is 14.5 Å². The summed E-state index contributed by atoms with van der Waals surface area (Å²) in [6, 6.07) is 29.8. The van der Waals surface area contributed by atoms with Crippen molar-refractivity contribution in [3.8, 4) is 22.1 Å². The first-order valence-corrected chi connectivity index (χ1v) is 15.1. The molecule has 4 nitrogen and oxygen atoms in total. The maximum atomic E-state index is 6.51. The molecular formula is C34H29N3OS2. The highest BCUT2D eigenvalue weighted by Gasteiger charge is 2.19. The molecule has 4 heterocycles. The predicted octanol–water partition coefficient (Wildman–Crippen LogP) is 10.0. The lowest BCUT2D eigenvalue weighted by Gasteiger charge is -2.21. The summed E-state index contributed by atoms with van der Waals surface area (Å²) in [7, 11) is 0. The third kappa shape index (κ3) is 4.63. The van der Waals surface area contributed by atoms with Crippen molar-refractivity contribution in [2.75, 3.05) is 16.5 Å². The third-order valence-electron chi connectivity index (χ3n) is 7.30. The highest BCUT2D eigenvalue weighted by Crippen LogP contribution is 2.45. The van der Waals surface area contributed by atoms with Gasteiger partial charge in [-0.25, -0.2) is 0 Å². The Balaban J connectivity index is 1.21. The Morgan fingerprint density at radius 1 is 0.800 bits per heavy atom. The zero-order valence-corrected chi connectivity index (χ0v) is 24.3. The maximum absolute atomic E-state index is 6.51. The number of hydrogen-bond acceptors (Lipinski definition) is 6. The molecule has 0 radical (unpaired) electrons. The quantitative estimate of drug-likeness (QED) is 0.210. The van der Waals surface area contributed by atoms with Crippen molar-refractivity contribution in [2.45, 2.75) is 26.2 Å². The molecule has 0 saturated heterocycles. The zero-order chi connectivity index (χ0) is 27.3. The van der Waals surface area contributed by atoms with Crippen LogP contribution >= 0.6 is 22.7 Å². The van der Waals surface area contributed by atoms with E-state index in [2.05, 4.69) is 121 Å². The van der Waals surface area contributed by atoms with Crippen molar-refractivity contribution in [2.24, 2.45) is 0 Å². The molecule has 0 bridgehead atoms. The Hall–Kier alpha value is -4.13. The number of pyridine rings is 1. The molecule has 0 fully saturated rings. The number of para-hydroxylation sites is 1. The van der Waals surface area contributed by atoms with Crippen LogP contribution in [-0.2, 0) is 5.41 Å². The zero-order valence-electron chi connectivity index (χ0n) is 22.7. The summed E-state index contributed by atoms with van der Waals surface area (Å²) >= 11 is 3.47. The minimum atomic E-state index is 0.0560. The average Bonchev–Trinajstić information content (AvgIpc) is 3.72. The SMILES string of the molecule is CC(C)(C)c1ccnc(-c2cc3sccc3c3sc(Oc4cccc(N5C=CN(c6ccccc6)C5)c4)cc23)c1. The second kappa shape index (κ2) is 9.81. The number of hydrogen-bond donors (Lipinski definition) is 0. The summed E-state index contributed by atoms with van der Waals surface area (Å²) in [4.78, 5) is 9.25. The van der Waals surface area contributed by atoms with Crippen LogP contribution in [0.25, 0.3) is 31.4 Å². The van der Waals surface area contributed by atoms with Gasteiger partial charge in [-0.05, 0) is 64.9 Å². The van der Waals surface area contributed by atoms with Crippen molar-refractivity contribution >= 4 is 54.2 Å². The van der Waals surface area contributed by atoms with Gasteiger partial charge in [-0.15, -0.1) is 11.3 Å². The Labute approximate surface area is 242 Å². The number of thiophene rings is 2. The molecule has 0 saturated carbocycles. The molecule has 1 aliphatic rings. The molecule has 0 N–H and O–H groups in total. The largest absolute Gasteiger partial charge is 0.447 e. The first kappa shape index (κ1) is 24.9. The van der Waals surface area contributed by atoms with Gasteiger partial charge in [-0.2, -0.15) is 0 Å². The number of ether oxygens (including phenoxy) is 1. The minimum Gasteiger partial charge on any atom is -0.447 e. The molecule has 6 aromatic rings. The Morgan fingerprint density at radius 3 is 2.42 bits per heavy atom. The molecule has 40 heavy (non-hydrogen) atoms. The van der Waals surface area contributed by atoms with Gasteiger partial charge in [0.05, 0.1) is 12.4 Å². The van der Waals surface area contributed by atoms with Gasteiger partial charge in [-0.1, -0.05) is 56.4 Å². The Kier molecular flexibility index (Phi) is 6.10. The number of rotatable bonds is 5. The number of anilines is 2. The van der Waals surface area contributed by atoms with E-state index in [0.717, 1.165) is 34.4 Å². The van der Waals surface area contributed by atoms with Crippen LogP contribution in [0.1, 0.15) is 26.3 Å². The molecule has 0 aliphatic carbocycles. The summed E-state index contributed by atoms with van der Waals surface area (Å²) < 4.78 is 9.01. The maximum Gasteiger partial charge on any atom is 0.182 e. The average molecular weight is 560 g/mol. The minimum absolute atomic E-state index is 0.0560. The molecule has 198 valence electrons. The highest BCUT2D eigenvalue weighted by molar-refractivity contribution is 7.23. The molecular weight excluding hydrogens is 531 g/mol. The number of fused-ring (bicyclic) bond motifs is 3. The molecule has 6 heteroatoms. The second-order valence-corrected chi connectivity index (χ2v) is 13.0. The smallest absolute Gasteiger partial charge is 0.182 e. The monoisotopic (exact) mass is 559 g/mol. The molecule has 0 unspecified atom stereocenters. The topological polar surface area (TPSA) is 28.6 Å². The van der Waals surface area contributed by atoms with Gasteiger partial charge in [0.25, 0.3) is 0 Å². The number of aromatic nitrogens is 1. The van der Waals surface area contributed by atoms with E-state index in [9.17, 15) is 0 Å². The van der Waals surface area contributed by atoms with E-state index in [1.165, 1.54) is 31.4 Å². The van der Waals surface area contributed by atoms with Gasteiger partial charge in [0, 0.05) is 67.8 Å². The van der Waals surface area contributed by atoms with Crippen LogP contribution in [0.15, 0.2) is 109 Å². The number of nitrogens with zero attached hydrogens (tertiary/aromatic N) is 3. The van der Waals surface area contributed by atoms with Crippen LogP contribution in [0.5, 0.6) is 10.8 Å².